The van der Waals surface area contributed by atoms with Gasteiger partial charge in [-0.3, -0.25) is 9.59 Å². The molecule has 0 heterocycles. The van der Waals surface area contributed by atoms with Gasteiger partial charge in [-0.15, -0.1) is 0 Å². The maximum Gasteiger partial charge on any atom is 0.243 e. The molecule has 1 N–H and O–H groups in total. The van der Waals surface area contributed by atoms with Crippen molar-refractivity contribution in [2.75, 3.05) is 20.6 Å². The van der Waals surface area contributed by atoms with E-state index in [1.165, 1.54) is 25.1 Å². The lowest BCUT2D eigenvalue weighted by molar-refractivity contribution is -0.141. The van der Waals surface area contributed by atoms with Gasteiger partial charge in [0.1, 0.15) is 6.04 Å². The molecule has 0 aromatic heterocycles. The standard InChI is InChI=1S/C30H29Cl2N3O4S/c1-33-30(37)28(17-21-9-4-3-5-10-21)35(19-25-26(31)13-8-14-27(25)32)29(36)20-34(2)40(38,39)24-16-15-22-11-6-7-12-23(22)18-24/h3-16,18,28H,17,19-20H2,1-2H3,(H,33,37)/t28-/m0/s1. The fraction of sp³-hybridized carbons (Fsp3) is 0.200. The van der Waals surface area contributed by atoms with Crippen molar-refractivity contribution in [3.63, 3.8) is 0 Å². The average molecular weight is 599 g/mol. The van der Waals surface area contributed by atoms with Gasteiger partial charge in [0.15, 0.2) is 0 Å². The summed E-state index contributed by atoms with van der Waals surface area (Å²) in [5.41, 5.74) is 1.29. The fourth-order valence-electron chi connectivity index (χ4n) is 4.45. The molecular weight excluding hydrogens is 569 g/mol. The number of carbonyl (C=O) groups excluding carboxylic acids is 2. The Balaban J connectivity index is 1.68. The molecule has 4 aromatic rings. The molecule has 0 saturated carbocycles. The Kier molecular flexibility index (Phi) is 9.48. The summed E-state index contributed by atoms with van der Waals surface area (Å²) in [7, 11) is -1.20. The maximum absolute atomic E-state index is 13.9. The molecule has 0 bridgehead atoms. The van der Waals surface area contributed by atoms with E-state index >= 15 is 0 Å². The van der Waals surface area contributed by atoms with Crippen LogP contribution in [0.25, 0.3) is 10.8 Å². The number of nitrogens with one attached hydrogen (secondary N) is 1. The highest BCUT2D eigenvalue weighted by molar-refractivity contribution is 7.89. The number of carbonyl (C=O) groups is 2. The second kappa shape index (κ2) is 12.8. The second-order valence-corrected chi connectivity index (χ2v) is 12.2. The van der Waals surface area contributed by atoms with Crippen LogP contribution >= 0.6 is 23.2 Å². The van der Waals surface area contributed by atoms with Gasteiger partial charge in [0.25, 0.3) is 0 Å². The zero-order chi connectivity index (χ0) is 28.9. The van der Waals surface area contributed by atoms with E-state index in [4.69, 9.17) is 23.2 Å². The summed E-state index contributed by atoms with van der Waals surface area (Å²) in [4.78, 5) is 28.4. The van der Waals surface area contributed by atoms with Gasteiger partial charge in [0.05, 0.1) is 11.4 Å². The van der Waals surface area contributed by atoms with Crippen molar-refractivity contribution in [3.05, 3.63) is 112 Å². The Hall–Kier alpha value is -3.43. The van der Waals surface area contributed by atoms with Crippen molar-refractivity contribution < 1.29 is 18.0 Å². The first-order chi connectivity index (χ1) is 19.1. The molecule has 0 unspecified atom stereocenters. The largest absolute Gasteiger partial charge is 0.357 e. The Labute approximate surface area is 244 Å². The second-order valence-electron chi connectivity index (χ2n) is 9.31. The number of hydrogen-bond donors (Lipinski definition) is 1. The number of nitrogens with zero attached hydrogens (tertiary/aromatic N) is 2. The van der Waals surface area contributed by atoms with Gasteiger partial charge < -0.3 is 10.2 Å². The summed E-state index contributed by atoms with van der Waals surface area (Å²) in [5, 5.41) is 4.96. The van der Waals surface area contributed by atoms with E-state index in [0.717, 1.165) is 20.6 Å². The number of halogens is 2. The maximum atomic E-state index is 13.9. The van der Waals surface area contributed by atoms with Gasteiger partial charge in [-0.25, -0.2) is 8.42 Å². The third-order valence-corrected chi connectivity index (χ3v) is 9.20. The Morgan fingerprint density at radius 3 is 2.12 bits per heavy atom. The highest BCUT2D eigenvalue weighted by Gasteiger charge is 2.33. The molecule has 10 heteroatoms. The van der Waals surface area contributed by atoms with Crippen molar-refractivity contribution in [1.29, 1.82) is 0 Å². The molecule has 7 nitrogen and oxygen atoms in total. The van der Waals surface area contributed by atoms with Crippen LogP contribution in [0.15, 0.2) is 95.9 Å². The molecule has 4 aromatic carbocycles. The molecule has 0 fully saturated rings. The Bertz CT molecular complexity index is 1610. The van der Waals surface area contributed by atoms with Crippen LogP contribution in [0, 0.1) is 0 Å². The van der Waals surface area contributed by atoms with Crippen LogP contribution in [0.5, 0.6) is 0 Å². The zero-order valence-corrected chi connectivity index (χ0v) is 24.4. The highest BCUT2D eigenvalue weighted by Crippen LogP contribution is 2.28. The summed E-state index contributed by atoms with van der Waals surface area (Å²) in [6, 6.07) is 25.5. The number of rotatable bonds is 10. The van der Waals surface area contributed by atoms with Crippen LogP contribution in [0.4, 0.5) is 0 Å². The predicted octanol–water partition coefficient (Wildman–Crippen LogP) is 5.15. The molecule has 0 radical (unpaired) electrons. The van der Waals surface area contributed by atoms with E-state index in [2.05, 4.69) is 5.32 Å². The van der Waals surface area contributed by atoms with Gasteiger partial charge in [-0.1, -0.05) is 89.9 Å². The fourth-order valence-corrected chi connectivity index (χ4v) is 6.12. The molecule has 2 amide bonds. The lowest BCUT2D eigenvalue weighted by Crippen LogP contribution is -2.52. The van der Waals surface area contributed by atoms with Crippen molar-refractivity contribution in [3.8, 4) is 0 Å². The number of amides is 2. The van der Waals surface area contributed by atoms with Gasteiger partial charge in [0.2, 0.25) is 21.8 Å². The van der Waals surface area contributed by atoms with Gasteiger partial charge in [-0.2, -0.15) is 4.31 Å². The smallest absolute Gasteiger partial charge is 0.243 e. The van der Waals surface area contributed by atoms with Crippen LogP contribution in [0.2, 0.25) is 10.0 Å². The molecule has 0 spiro atoms. The summed E-state index contributed by atoms with van der Waals surface area (Å²) < 4.78 is 28.0. The van der Waals surface area contributed by atoms with Crippen molar-refractivity contribution >= 4 is 55.8 Å². The first-order valence-electron chi connectivity index (χ1n) is 12.5. The molecular formula is C30H29Cl2N3O4S. The molecule has 0 saturated heterocycles. The third kappa shape index (κ3) is 6.64. The molecule has 40 heavy (non-hydrogen) atoms. The molecule has 0 aliphatic heterocycles. The number of hydrogen-bond acceptors (Lipinski definition) is 4. The number of benzene rings is 4. The van der Waals surface area contributed by atoms with Crippen LogP contribution in [0.1, 0.15) is 11.1 Å². The van der Waals surface area contributed by atoms with E-state index in [9.17, 15) is 18.0 Å². The van der Waals surface area contributed by atoms with E-state index in [1.54, 1.807) is 30.3 Å². The molecule has 4 rings (SSSR count). The summed E-state index contributed by atoms with van der Waals surface area (Å²) in [6.07, 6.45) is 0.204. The third-order valence-electron chi connectivity index (χ3n) is 6.69. The molecule has 0 aliphatic carbocycles. The Morgan fingerprint density at radius 1 is 0.850 bits per heavy atom. The van der Waals surface area contributed by atoms with Crippen molar-refractivity contribution in [2.24, 2.45) is 0 Å². The van der Waals surface area contributed by atoms with E-state index in [1.807, 2.05) is 54.6 Å². The van der Waals surface area contributed by atoms with Crippen molar-refractivity contribution in [1.82, 2.24) is 14.5 Å². The lowest BCUT2D eigenvalue weighted by atomic mass is 10.0. The monoisotopic (exact) mass is 597 g/mol. The quantitative estimate of drug-likeness (QED) is 0.274. The first kappa shape index (κ1) is 29.6. The summed E-state index contributed by atoms with van der Waals surface area (Å²) in [6.45, 7) is -0.592. The molecule has 1 atom stereocenters. The lowest BCUT2D eigenvalue weighted by Gasteiger charge is -2.32. The number of sulfonamides is 1. The average Bonchev–Trinajstić information content (AvgIpc) is 2.95. The van der Waals surface area contributed by atoms with E-state index in [0.29, 0.717) is 15.6 Å². The van der Waals surface area contributed by atoms with Crippen LogP contribution in [-0.2, 0) is 32.6 Å². The number of fused-ring (bicyclic) bond motifs is 1. The van der Waals surface area contributed by atoms with Crippen molar-refractivity contribution in [2.45, 2.75) is 23.9 Å². The van der Waals surface area contributed by atoms with Gasteiger partial charge >= 0.3 is 0 Å². The topological polar surface area (TPSA) is 86.8 Å². The predicted molar refractivity (Wildman–Crippen MR) is 159 cm³/mol. The minimum absolute atomic E-state index is 0.0642. The first-order valence-corrected chi connectivity index (χ1v) is 14.7. The molecule has 0 aliphatic rings. The van der Waals surface area contributed by atoms with E-state index in [-0.39, 0.29) is 17.9 Å². The van der Waals surface area contributed by atoms with Crippen LogP contribution in [-0.4, -0.2) is 56.1 Å². The molecule has 208 valence electrons. The normalized spacial score (nSPS) is 12.3. The Morgan fingerprint density at radius 2 is 1.48 bits per heavy atom. The highest BCUT2D eigenvalue weighted by atomic mass is 35.5. The minimum Gasteiger partial charge on any atom is -0.357 e. The summed E-state index contributed by atoms with van der Waals surface area (Å²) in [5.74, 6) is -0.979. The SMILES string of the molecule is CNC(=O)[C@H](Cc1ccccc1)N(Cc1c(Cl)cccc1Cl)C(=O)CN(C)S(=O)(=O)c1ccc2ccccc2c1. The van der Waals surface area contributed by atoms with Gasteiger partial charge in [0, 0.05) is 42.7 Å². The van der Waals surface area contributed by atoms with Crippen LogP contribution in [0.3, 0.4) is 0 Å². The van der Waals surface area contributed by atoms with Crippen LogP contribution < -0.4 is 5.32 Å². The minimum atomic E-state index is -4.03. The van der Waals surface area contributed by atoms with E-state index < -0.39 is 34.4 Å². The number of likely N-dealkylation sites (N-methyl/N-ethyl adjacent to an activating group) is 2. The zero-order valence-electron chi connectivity index (χ0n) is 22.1. The summed E-state index contributed by atoms with van der Waals surface area (Å²) >= 11 is 12.9. The van der Waals surface area contributed by atoms with Gasteiger partial charge in [-0.05, 0) is 40.6 Å².